The second-order valence-electron chi connectivity index (χ2n) is 6.39. The first-order valence-corrected chi connectivity index (χ1v) is 11.0. The SMILES string of the molecule is COc1ccc(S(=O)(=O)N2CCCC(C(=O)Nc3sccc3C(N)=O)C2)cc1. The van der Waals surface area contributed by atoms with E-state index in [4.69, 9.17) is 10.5 Å². The largest absolute Gasteiger partial charge is 0.497 e. The fourth-order valence-corrected chi connectivity index (χ4v) is 5.40. The standard InChI is InChI=1S/C18H21N3O5S2/c1-26-13-4-6-14(7-5-13)28(24,25)21-9-2-3-12(11-21)17(23)20-18-15(16(19)22)8-10-27-18/h4-8,10,12H,2-3,9,11H2,1H3,(H2,19,22)(H,20,23). The average Bonchev–Trinajstić information content (AvgIpc) is 3.16. The lowest BCUT2D eigenvalue weighted by Crippen LogP contribution is -2.43. The van der Waals surface area contributed by atoms with Crippen molar-refractivity contribution < 1.29 is 22.7 Å². The van der Waals surface area contributed by atoms with Crippen LogP contribution < -0.4 is 15.8 Å². The number of nitrogens with two attached hydrogens (primary N) is 1. The number of thiophene rings is 1. The van der Waals surface area contributed by atoms with E-state index in [0.717, 1.165) is 0 Å². The highest BCUT2D eigenvalue weighted by Gasteiger charge is 2.33. The van der Waals surface area contributed by atoms with Crippen molar-refractivity contribution >= 4 is 38.2 Å². The van der Waals surface area contributed by atoms with Crippen LogP contribution in [-0.2, 0) is 14.8 Å². The van der Waals surface area contributed by atoms with E-state index in [1.807, 2.05) is 0 Å². The minimum Gasteiger partial charge on any atom is -0.497 e. The van der Waals surface area contributed by atoms with E-state index in [1.54, 1.807) is 23.6 Å². The number of primary amides is 1. The number of hydrogen-bond donors (Lipinski definition) is 2. The number of sulfonamides is 1. The van der Waals surface area contributed by atoms with E-state index in [-0.39, 0.29) is 22.9 Å². The molecule has 0 radical (unpaired) electrons. The van der Waals surface area contributed by atoms with Gasteiger partial charge in [-0.3, -0.25) is 9.59 Å². The highest BCUT2D eigenvalue weighted by molar-refractivity contribution is 7.89. The van der Waals surface area contributed by atoms with Gasteiger partial charge in [0.2, 0.25) is 15.9 Å². The minimum absolute atomic E-state index is 0.0808. The van der Waals surface area contributed by atoms with Gasteiger partial charge in [-0.1, -0.05) is 0 Å². The molecule has 8 nitrogen and oxygen atoms in total. The quantitative estimate of drug-likeness (QED) is 0.735. The molecule has 1 unspecified atom stereocenters. The molecule has 1 atom stereocenters. The third-order valence-electron chi connectivity index (χ3n) is 4.62. The molecular weight excluding hydrogens is 402 g/mol. The van der Waals surface area contributed by atoms with Gasteiger partial charge in [-0.25, -0.2) is 8.42 Å². The summed E-state index contributed by atoms with van der Waals surface area (Å²) in [7, 11) is -2.20. The summed E-state index contributed by atoms with van der Waals surface area (Å²) in [6.45, 7) is 0.432. The summed E-state index contributed by atoms with van der Waals surface area (Å²) in [5.41, 5.74) is 5.54. The number of carbonyl (C=O) groups is 2. The maximum atomic E-state index is 12.9. The maximum absolute atomic E-state index is 12.9. The predicted octanol–water partition coefficient (Wildman–Crippen LogP) is 1.89. The van der Waals surface area contributed by atoms with Crippen LogP contribution in [0, 0.1) is 5.92 Å². The number of benzene rings is 1. The molecule has 1 aliphatic heterocycles. The summed E-state index contributed by atoms with van der Waals surface area (Å²) >= 11 is 1.20. The van der Waals surface area contributed by atoms with Gasteiger partial charge in [0.15, 0.2) is 0 Å². The van der Waals surface area contributed by atoms with Crippen molar-refractivity contribution in [3.63, 3.8) is 0 Å². The van der Waals surface area contributed by atoms with Crippen LogP contribution in [0.2, 0.25) is 0 Å². The first-order valence-electron chi connectivity index (χ1n) is 8.65. The summed E-state index contributed by atoms with van der Waals surface area (Å²) in [6.07, 6.45) is 1.14. The fraction of sp³-hybridized carbons (Fsp3) is 0.333. The molecule has 10 heteroatoms. The molecule has 2 amide bonds. The van der Waals surface area contributed by atoms with Crippen LogP contribution in [0.4, 0.5) is 5.00 Å². The molecule has 0 bridgehead atoms. The van der Waals surface area contributed by atoms with Gasteiger partial charge in [0, 0.05) is 13.1 Å². The molecule has 28 heavy (non-hydrogen) atoms. The predicted molar refractivity (Wildman–Crippen MR) is 106 cm³/mol. The van der Waals surface area contributed by atoms with Gasteiger partial charge in [0.1, 0.15) is 10.8 Å². The molecule has 1 aromatic carbocycles. The van der Waals surface area contributed by atoms with Gasteiger partial charge in [-0.15, -0.1) is 11.3 Å². The summed E-state index contributed by atoms with van der Waals surface area (Å²) in [5, 5.41) is 4.75. The molecule has 2 aromatic rings. The van der Waals surface area contributed by atoms with Crippen molar-refractivity contribution in [1.29, 1.82) is 0 Å². The molecule has 1 fully saturated rings. The molecule has 1 saturated heterocycles. The Morgan fingerprint density at radius 3 is 2.61 bits per heavy atom. The van der Waals surface area contributed by atoms with Gasteiger partial charge in [-0.05, 0) is 48.6 Å². The van der Waals surface area contributed by atoms with Crippen molar-refractivity contribution in [3.05, 3.63) is 41.3 Å². The Morgan fingerprint density at radius 1 is 1.25 bits per heavy atom. The molecule has 2 heterocycles. The van der Waals surface area contributed by atoms with Crippen LogP contribution in [0.25, 0.3) is 0 Å². The van der Waals surface area contributed by atoms with Gasteiger partial charge in [0.05, 0.1) is 23.5 Å². The second kappa shape index (κ2) is 8.29. The smallest absolute Gasteiger partial charge is 0.251 e. The number of anilines is 1. The van der Waals surface area contributed by atoms with Crippen LogP contribution in [0.5, 0.6) is 5.75 Å². The summed E-state index contributed by atoms with van der Waals surface area (Å²) < 4.78 is 32.2. The second-order valence-corrected chi connectivity index (χ2v) is 9.25. The first kappa shape index (κ1) is 20.3. The number of carbonyl (C=O) groups excluding carboxylic acids is 2. The van der Waals surface area contributed by atoms with E-state index in [1.165, 1.54) is 34.9 Å². The lowest BCUT2D eigenvalue weighted by Gasteiger charge is -2.31. The highest BCUT2D eigenvalue weighted by Crippen LogP contribution is 2.28. The molecule has 3 N–H and O–H groups in total. The number of ether oxygens (including phenoxy) is 1. The van der Waals surface area contributed by atoms with Crippen molar-refractivity contribution in [2.45, 2.75) is 17.7 Å². The third kappa shape index (κ3) is 4.18. The van der Waals surface area contributed by atoms with Crippen molar-refractivity contribution in [2.24, 2.45) is 11.7 Å². The van der Waals surface area contributed by atoms with E-state index >= 15 is 0 Å². The van der Waals surface area contributed by atoms with Gasteiger partial charge in [0.25, 0.3) is 5.91 Å². The Morgan fingerprint density at radius 2 is 1.96 bits per heavy atom. The number of nitrogens with zero attached hydrogens (tertiary/aromatic N) is 1. The fourth-order valence-electron chi connectivity index (χ4n) is 3.09. The Bertz CT molecular complexity index is 969. The third-order valence-corrected chi connectivity index (χ3v) is 7.33. The molecule has 150 valence electrons. The topological polar surface area (TPSA) is 119 Å². The number of nitrogens with one attached hydrogen (secondary N) is 1. The van der Waals surface area contributed by atoms with Crippen LogP contribution in [-0.4, -0.2) is 44.7 Å². The lowest BCUT2D eigenvalue weighted by atomic mass is 9.99. The number of piperidine rings is 1. The maximum Gasteiger partial charge on any atom is 0.251 e. The summed E-state index contributed by atoms with van der Waals surface area (Å²) in [5.74, 6) is -0.885. The molecule has 0 spiro atoms. The van der Waals surface area contributed by atoms with E-state index in [2.05, 4.69) is 5.32 Å². The molecule has 3 rings (SSSR count). The lowest BCUT2D eigenvalue weighted by molar-refractivity contribution is -0.120. The molecule has 0 saturated carbocycles. The average molecular weight is 424 g/mol. The zero-order valence-corrected chi connectivity index (χ0v) is 16.9. The van der Waals surface area contributed by atoms with Crippen LogP contribution in [0.15, 0.2) is 40.6 Å². The molecular formula is C18H21N3O5S2. The van der Waals surface area contributed by atoms with Crippen molar-refractivity contribution in [2.75, 3.05) is 25.5 Å². The Kier molecular flexibility index (Phi) is 6.01. The van der Waals surface area contributed by atoms with Gasteiger partial charge < -0.3 is 15.8 Å². The Balaban J connectivity index is 1.73. The van der Waals surface area contributed by atoms with E-state index in [0.29, 0.717) is 30.1 Å². The number of methoxy groups -OCH3 is 1. The van der Waals surface area contributed by atoms with Gasteiger partial charge >= 0.3 is 0 Å². The monoisotopic (exact) mass is 423 g/mol. The Labute approximate surface area is 167 Å². The van der Waals surface area contributed by atoms with Crippen molar-refractivity contribution in [1.82, 2.24) is 4.31 Å². The number of hydrogen-bond acceptors (Lipinski definition) is 6. The van der Waals surface area contributed by atoms with Crippen LogP contribution >= 0.6 is 11.3 Å². The van der Waals surface area contributed by atoms with Crippen LogP contribution in [0.1, 0.15) is 23.2 Å². The van der Waals surface area contributed by atoms with Crippen LogP contribution in [0.3, 0.4) is 0 Å². The number of rotatable bonds is 6. The normalized spacial score (nSPS) is 17.8. The molecule has 1 aliphatic rings. The molecule has 0 aliphatic carbocycles. The first-order chi connectivity index (χ1) is 13.3. The number of amides is 2. The Hall–Kier alpha value is -2.43. The van der Waals surface area contributed by atoms with Crippen molar-refractivity contribution in [3.8, 4) is 5.75 Å². The zero-order chi connectivity index (χ0) is 20.3. The van der Waals surface area contributed by atoms with Gasteiger partial charge in [-0.2, -0.15) is 4.31 Å². The van der Waals surface area contributed by atoms with E-state index < -0.39 is 21.8 Å². The zero-order valence-electron chi connectivity index (χ0n) is 15.3. The molecule has 1 aromatic heterocycles. The minimum atomic E-state index is -3.71. The van der Waals surface area contributed by atoms with E-state index in [9.17, 15) is 18.0 Å². The summed E-state index contributed by atoms with van der Waals surface area (Å²) in [4.78, 5) is 24.2. The highest BCUT2D eigenvalue weighted by atomic mass is 32.2. The summed E-state index contributed by atoms with van der Waals surface area (Å²) in [6, 6.07) is 7.70.